The molecule has 1 fully saturated rings. The van der Waals surface area contributed by atoms with E-state index in [1.165, 1.54) is 21.4 Å². The molecule has 3 rings (SSSR count). The van der Waals surface area contributed by atoms with Crippen LogP contribution >= 0.6 is 11.6 Å². The van der Waals surface area contributed by atoms with E-state index >= 15 is 0 Å². The monoisotopic (exact) mass is 414 g/mol. The third-order valence-electron chi connectivity index (χ3n) is 4.70. The van der Waals surface area contributed by atoms with Gasteiger partial charge < -0.3 is 5.32 Å². The summed E-state index contributed by atoms with van der Waals surface area (Å²) in [5, 5.41) is 11.4. The van der Waals surface area contributed by atoms with Crippen LogP contribution in [-0.2, 0) is 35.0 Å². The smallest absolute Gasteiger partial charge is 0.246 e. The Morgan fingerprint density at radius 1 is 1.37 bits per heavy atom. The van der Waals surface area contributed by atoms with Crippen LogP contribution in [-0.4, -0.2) is 51.3 Å². The van der Waals surface area contributed by atoms with Crippen molar-refractivity contribution in [2.45, 2.75) is 37.8 Å². The highest BCUT2D eigenvalue weighted by Crippen LogP contribution is 2.24. The molecule has 0 bridgehead atoms. The number of sulfonamides is 1. The molecular formula is C16H23ClN6O3S. The minimum absolute atomic E-state index is 0.143. The molecule has 1 N–H and O–H groups in total. The summed E-state index contributed by atoms with van der Waals surface area (Å²) in [7, 11) is -1.98. The fraction of sp³-hybridized carbons (Fsp3) is 0.562. The molecule has 1 amide bonds. The Labute approximate surface area is 163 Å². The number of nitrogens with one attached hydrogen (secondary N) is 1. The molecule has 148 valence electrons. The quantitative estimate of drug-likeness (QED) is 0.759. The van der Waals surface area contributed by atoms with Crippen molar-refractivity contribution in [2.24, 2.45) is 13.0 Å². The molecule has 0 radical (unpaired) electrons. The maximum absolute atomic E-state index is 12.8. The molecule has 0 saturated carbocycles. The molecule has 9 nitrogen and oxygen atoms in total. The number of aryl methyl sites for hydroxylation is 2. The second-order valence-electron chi connectivity index (χ2n) is 6.52. The number of carbonyl (C=O) groups excluding carboxylic acids is 1. The molecule has 0 spiro atoms. The van der Waals surface area contributed by atoms with Gasteiger partial charge in [-0.25, -0.2) is 8.42 Å². The van der Waals surface area contributed by atoms with Crippen molar-refractivity contribution < 1.29 is 13.2 Å². The van der Waals surface area contributed by atoms with E-state index in [4.69, 9.17) is 11.6 Å². The number of piperidine rings is 1. The van der Waals surface area contributed by atoms with Crippen LogP contribution in [0.1, 0.15) is 25.5 Å². The number of hydrogen-bond donors (Lipinski definition) is 1. The number of rotatable bonds is 6. The van der Waals surface area contributed by atoms with Gasteiger partial charge in [-0.2, -0.15) is 14.5 Å². The standard InChI is InChI=1S/C16H23ClN6O3S/c1-3-23-15(14(17)8-20-23)9-18-16(24)12-5-4-6-22(10-12)27(25,26)13-7-19-21(2)11-13/h7-8,11-12H,3-6,9-10H2,1-2H3,(H,18,24). The average molecular weight is 415 g/mol. The van der Waals surface area contributed by atoms with Crippen LogP contribution in [0.2, 0.25) is 5.02 Å². The van der Waals surface area contributed by atoms with E-state index in [1.807, 2.05) is 6.92 Å². The maximum atomic E-state index is 12.8. The Kier molecular flexibility index (Phi) is 5.87. The topological polar surface area (TPSA) is 102 Å². The van der Waals surface area contributed by atoms with Crippen LogP contribution in [0.5, 0.6) is 0 Å². The van der Waals surface area contributed by atoms with Crippen LogP contribution in [0.4, 0.5) is 0 Å². The normalized spacial score (nSPS) is 18.6. The molecule has 1 aliphatic rings. The van der Waals surface area contributed by atoms with Gasteiger partial charge in [0, 0.05) is 32.9 Å². The van der Waals surface area contributed by atoms with Gasteiger partial charge in [-0.15, -0.1) is 0 Å². The van der Waals surface area contributed by atoms with Gasteiger partial charge in [-0.3, -0.25) is 14.2 Å². The predicted molar refractivity (Wildman–Crippen MR) is 99.4 cm³/mol. The molecule has 1 unspecified atom stereocenters. The van der Waals surface area contributed by atoms with Gasteiger partial charge >= 0.3 is 0 Å². The summed E-state index contributed by atoms with van der Waals surface area (Å²) in [4.78, 5) is 12.7. The molecule has 1 atom stereocenters. The zero-order valence-corrected chi connectivity index (χ0v) is 16.9. The summed E-state index contributed by atoms with van der Waals surface area (Å²) < 4.78 is 30.0. The molecule has 1 aliphatic heterocycles. The van der Waals surface area contributed by atoms with Crippen molar-refractivity contribution in [3.8, 4) is 0 Å². The third-order valence-corrected chi connectivity index (χ3v) is 6.83. The van der Waals surface area contributed by atoms with Crippen LogP contribution < -0.4 is 5.32 Å². The largest absolute Gasteiger partial charge is 0.350 e. The van der Waals surface area contributed by atoms with Crippen LogP contribution in [0.15, 0.2) is 23.5 Å². The molecule has 2 aromatic heterocycles. The summed E-state index contributed by atoms with van der Waals surface area (Å²) in [5.41, 5.74) is 0.739. The Morgan fingerprint density at radius 3 is 2.81 bits per heavy atom. The second-order valence-corrected chi connectivity index (χ2v) is 8.87. The van der Waals surface area contributed by atoms with E-state index in [0.717, 1.165) is 5.69 Å². The van der Waals surface area contributed by atoms with E-state index in [9.17, 15) is 13.2 Å². The van der Waals surface area contributed by atoms with Crippen molar-refractivity contribution in [3.63, 3.8) is 0 Å². The van der Waals surface area contributed by atoms with E-state index in [0.29, 0.717) is 31.0 Å². The number of amides is 1. The zero-order chi connectivity index (χ0) is 19.6. The molecule has 11 heteroatoms. The number of hydrogen-bond acceptors (Lipinski definition) is 5. The number of nitrogens with zero attached hydrogens (tertiary/aromatic N) is 5. The maximum Gasteiger partial charge on any atom is 0.246 e. The second kappa shape index (κ2) is 7.99. The molecule has 3 heterocycles. The van der Waals surface area contributed by atoms with Crippen LogP contribution in [0, 0.1) is 5.92 Å². The molecular weight excluding hydrogens is 392 g/mol. The Balaban J connectivity index is 1.65. The first-order valence-electron chi connectivity index (χ1n) is 8.79. The van der Waals surface area contributed by atoms with E-state index in [1.54, 1.807) is 17.9 Å². The average Bonchev–Trinajstić information content (AvgIpc) is 3.25. The molecule has 27 heavy (non-hydrogen) atoms. The SMILES string of the molecule is CCn1ncc(Cl)c1CNC(=O)C1CCCN(S(=O)(=O)c2cnn(C)c2)C1. The van der Waals surface area contributed by atoms with Gasteiger partial charge in [-0.05, 0) is 19.8 Å². The van der Waals surface area contributed by atoms with Gasteiger partial charge in [0.05, 0.1) is 35.6 Å². The highest BCUT2D eigenvalue weighted by Gasteiger charge is 2.34. The highest BCUT2D eigenvalue weighted by atomic mass is 35.5. The van der Waals surface area contributed by atoms with Gasteiger partial charge in [0.15, 0.2) is 0 Å². The third kappa shape index (κ3) is 4.17. The van der Waals surface area contributed by atoms with E-state index in [-0.39, 0.29) is 23.9 Å². The van der Waals surface area contributed by atoms with Crippen molar-refractivity contribution >= 4 is 27.5 Å². The van der Waals surface area contributed by atoms with Crippen molar-refractivity contribution in [1.29, 1.82) is 0 Å². The molecule has 1 saturated heterocycles. The lowest BCUT2D eigenvalue weighted by atomic mass is 9.99. The lowest BCUT2D eigenvalue weighted by molar-refractivity contribution is -0.126. The van der Waals surface area contributed by atoms with Crippen molar-refractivity contribution in [2.75, 3.05) is 13.1 Å². The molecule has 0 aliphatic carbocycles. The summed E-state index contributed by atoms with van der Waals surface area (Å²) in [5.74, 6) is -0.581. The van der Waals surface area contributed by atoms with Gasteiger partial charge in [-0.1, -0.05) is 11.6 Å². The summed E-state index contributed by atoms with van der Waals surface area (Å²) in [6, 6.07) is 0. The predicted octanol–water partition coefficient (Wildman–Crippen LogP) is 1.01. The lowest BCUT2D eigenvalue weighted by Gasteiger charge is -2.30. The van der Waals surface area contributed by atoms with Crippen LogP contribution in [0.25, 0.3) is 0 Å². The van der Waals surface area contributed by atoms with Crippen molar-refractivity contribution in [1.82, 2.24) is 29.2 Å². The zero-order valence-electron chi connectivity index (χ0n) is 15.3. The first kappa shape index (κ1) is 19.8. The molecule has 0 aromatic carbocycles. The van der Waals surface area contributed by atoms with E-state index < -0.39 is 15.9 Å². The summed E-state index contributed by atoms with van der Waals surface area (Å²) >= 11 is 6.12. The lowest BCUT2D eigenvalue weighted by Crippen LogP contribution is -2.45. The summed E-state index contributed by atoms with van der Waals surface area (Å²) in [6.45, 7) is 3.41. The first-order valence-corrected chi connectivity index (χ1v) is 10.6. The van der Waals surface area contributed by atoms with Crippen LogP contribution in [0.3, 0.4) is 0 Å². The fourth-order valence-electron chi connectivity index (χ4n) is 3.21. The fourth-order valence-corrected chi connectivity index (χ4v) is 4.92. The summed E-state index contributed by atoms with van der Waals surface area (Å²) in [6.07, 6.45) is 5.62. The Hall–Kier alpha value is -1.91. The number of halogens is 1. The van der Waals surface area contributed by atoms with Crippen molar-refractivity contribution in [3.05, 3.63) is 29.3 Å². The minimum atomic E-state index is -3.65. The highest BCUT2D eigenvalue weighted by molar-refractivity contribution is 7.89. The number of carbonyl (C=O) groups is 1. The van der Waals surface area contributed by atoms with Gasteiger partial charge in [0.1, 0.15) is 4.90 Å². The van der Waals surface area contributed by atoms with E-state index in [2.05, 4.69) is 15.5 Å². The Bertz CT molecular complexity index is 922. The van der Waals surface area contributed by atoms with Gasteiger partial charge in [0.25, 0.3) is 0 Å². The van der Waals surface area contributed by atoms with Gasteiger partial charge in [0.2, 0.25) is 15.9 Å². The minimum Gasteiger partial charge on any atom is -0.350 e. The number of aromatic nitrogens is 4. The first-order chi connectivity index (χ1) is 12.8. The molecule has 2 aromatic rings. The Morgan fingerprint density at radius 2 is 2.15 bits per heavy atom.